The van der Waals surface area contributed by atoms with Crippen LogP contribution in [0.3, 0.4) is 0 Å². The van der Waals surface area contributed by atoms with Crippen LogP contribution in [0.25, 0.3) is 0 Å². The van der Waals surface area contributed by atoms with Gasteiger partial charge in [-0.15, -0.1) is 0 Å². The maximum absolute atomic E-state index is 12.7. The average molecular weight is 347 g/mol. The molecule has 136 valence electrons. The molecule has 1 fully saturated rings. The predicted octanol–water partition coefficient (Wildman–Crippen LogP) is 1.25. The Morgan fingerprint density at radius 2 is 2.00 bits per heavy atom. The van der Waals surface area contributed by atoms with Gasteiger partial charge in [0.2, 0.25) is 0 Å². The van der Waals surface area contributed by atoms with Gasteiger partial charge >= 0.3 is 5.69 Å². The summed E-state index contributed by atoms with van der Waals surface area (Å²) < 4.78 is 8.04. The highest BCUT2D eigenvalue weighted by atomic mass is 16.5. The molecule has 8 nitrogen and oxygen atoms in total. The first-order valence-corrected chi connectivity index (χ1v) is 8.71. The highest BCUT2D eigenvalue weighted by molar-refractivity contribution is 5.96. The summed E-state index contributed by atoms with van der Waals surface area (Å²) in [6.45, 7) is 3.52. The summed E-state index contributed by atoms with van der Waals surface area (Å²) in [5.74, 6) is 1.42. The van der Waals surface area contributed by atoms with Crippen LogP contribution in [0, 0.1) is 19.8 Å². The Labute approximate surface area is 146 Å². The Kier molecular flexibility index (Phi) is 4.78. The van der Waals surface area contributed by atoms with E-state index in [1.54, 1.807) is 32.5 Å². The summed E-state index contributed by atoms with van der Waals surface area (Å²) >= 11 is 0. The van der Waals surface area contributed by atoms with Crippen LogP contribution in [0.1, 0.15) is 53.3 Å². The molecule has 0 bridgehead atoms. The second kappa shape index (κ2) is 6.85. The first-order valence-electron chi connectivity index (χ1n) is 8.71. The minimum Gasteiger partial charge on any atom is -0.361 e. The molecule has 1 saturated carbocycles. The van der Waals surface area contributed by atoms with Crippen LogP contribution in [-0.4, -0.2) is 31.5 Å². The number of carbonyl (C=O) groups is 1. The molecule has 2 atom stereocenters. The molecule has 0 aliphatic heterocycles. The van der Waals surface area contributed by atoms with Crippen molar-refractivity contribution in [3.8, 4) is 0 Å². The van der Waals surface area contributed by atoms with E-state index in [0.29, 0.717) is 23.4 Å². The Balaban J connectivity index is 1.76. The summed E-state index contributed by atoms with van der Waals surface area (Å²) in [6.07, 6.45) is 4.84. The van der Waals surface area contributed by atoms with Crippen molar-refractivity contribution in [3.63, 3.8) is 0 Å². The van der Waals surface area contributed by atoms with Crippen molar-refractivity contribution in [3.05, 3.63) is 33.3 Å². The van der Waals surface area contributed by atoms with Crippen molar-refractivity contribution in [2.24, 2.45) is 20.0 Å². The van der Waals surface area contributed by atoms with Gasteiger partial charge in [0.25, 0.3) is 5.91 Å². The smallest absolute Gasteiger partial charge is 0.345 e. The van der Waals surface area contributed by atoms with Gasteiger partial charge in [0.1, 0.15) is 17.1 Å². The highest BCUT2D eigenvalue weighted by Crippen LogP contribution is 2.27. The van der Waals surface area contributed by atoms with E-state index >= 15 is 0 Å². The zero-order valence-corrected chi connectivity index (χ0v) is 15.2. The number of nitrogens with one attached hydrogen (secondary N) is 1. The van der Waals surface area contributed by atoms with Crippen molar-refractivity contribution in [1.82, 2.24) is 24.8 Å². The molecule has 1 aliphatic carbocycles. The zero-order chi connectivity index (χ0) is 18.1. The molecule has 0 unspecified atom stereocenters. The van der Waals surface area contributed by atoms with E-state index in [2.05, 4.69) is 15.6 Å². The number of amides is 1. The van der Waals surface area contributed by atoms with E-state index in [1.165, 1.54) is 4.68 Å². The molecule has 1 N–H and O–H groups in total. The van der Waals surface area contributed by atoms with Crippen LogP contribution in [0.5, 0.6) is 0 Å². The van der Waals surface area contributed by atoms with Gasteiger partial charge in [-0.05, 0) is 32.6 Å². The van der Waals surface area contributed by atoms with Gasteiger partial charge in [0, 0.05) is 26.6 Å². The van der Waals surface area contributed by atoms with Crippen molar-refractivity contribution in [2.45, 2.75) is 52.0 Å². The van der Waals surface area contributed by atoms with E-state index in [0.717, 1.165) is 31.5 Å². The van der Waals surface area contributed by atoms with Gasteiger partial charge in [0.15, 0.2) is 0 Å². The third-order valence-electron chi connectivity index (χ3n) is 5.15. The fraction of sp³-hybridized carbons (Fsp3) is 0.647. The van der Waals surface area contributed by atoms with Crippen molar-refractivity contribution in [2.75, 3.05) is 0 Å². The number of aryl methyl sites for hydroxylation is 3. The summed E-state index contributed by atoms with van der Waals surface area (Å²) in [4.78, 5) is 24.5. The minimum atomic E-state index is -0.136. The van der Waals surface area contributed by atoms with Crippen LogP contribution in [0.15, 0.2) is 9.32 Å². The lowest BCUT2D eigenvalue weighted by Gasteiger charge is -2.32. The largest absolute Gasteiger partial charge is 0.361 e. The molecule has 0 radical (unpaired) electrons. The second-order valence-electron chi connectivity index (χ2n) is 6.91. The number of carbonyl (C=O) groups excluding carboxylic acids is 1. The lowest BCUT2D eigenvalue weighted by Crippen LogP contribution is -2.43. The molecular weight excluding hydrogens is 322 g/mol. The molecule has 0 saturated heterocycles. The van der Waals surface area contributed by atoms with Gasteiger partial charge in [-0.2, -0.15) is 5.10 Å². The van der Waals surface area contributed by atoms with Crippen molar-refractivity contribution in [1.29, 1.82) is 0 Å². The topological polar surface area (TPSA) is 95.0 Å². The number of nitrogens with zero attached hydrogens (tertiary/aromatic N) is 4. The summed E-state index contributed by atoms with van der Waals surface area (Å²) in [7, 11) is 3.40. The van der Waals surface area contributed by atoms with Crippen molar-refractivity contribution < 1.29 is 9.32 Å². The maximum Gasteiger partial charge on any atom is 0.345 e. The number of aromatic nitrogens is 4. The third kappa shape index (κ3) is 3.38. The van der Waals surface area contributed by atoms with Crippen LogP contribution < -0.4 is 11.0 Å². The van der Waals surface area contributed by atoms with E-state index in [4.69, 9.17) is 4.52 Å². The number of rotatable bonds is 4. The summed E-state index contributed by atoms with van der Waals surface area (Å²) in [5.41, 5.74) is 1.01. The third-order valence-corrected chi connectivity index (χ3v) is 5.15. The fourth-order valence-electron chi connectivity index (χ4n) is 3.71. The van der Waals surface area contributed by atoms with Gasteiger partial charge < -0.3 is 9.84 Å². The molecular formula is C17H25N5O3. The van der Waals surface area contributed by atoms with Gasteiger partial charge in [0.05, 0.1) is 5.69 Å². The first kappa shape index (κ1) is 17.4. The Morgan fingerprint density at radius 3 is 2.60 bits per heavy atom. The van der Waals surface area contributed by atoms with Crippen LogP contribution >= 0.6 is 0 Å². The van der Waals surface area contributed by atoms with Gasteiger partial charge in [-0.25, -0.2) is 9.48 Å². The lowest BCUT2D eigenvalue weighted by molar-refractivity contribution is 0.0903. The van der Waals surface area contributed by atoms with Crippen LogP contribution in [0.4, 0.5) is 0 Å². The van der Waals surface area contributed by atoms with E-state index < -0.39 is 0 Å². The number of hydrogen-bond acceptors (Lipinski definition) is 5. The molecule has 0 spiro atoms. The lowest BCUT2D eigenvalue weighted by atomic mass is 9.82. The molecule has 8 heteroatoms. The van der Waals surface area contributed by atoms with E-state index in [1.807, 2.05) is 0 Å². The second-order valence-corrected chi connectivity index (χ2v) is 6.91. The van der Waals surface area contributed by atoms with Gasteiger partial charge in [-0.1, -0.05) is 18.0 Å². The SMILES string of the molecule is Cc1noc(C)c1C(=O)N[C@@H]1CCCC[C@@H]1Cc1nn(C)c(=O)n1C. The zero-order valence-electron chi connectivity index (χ0n) is 15.2. The summed E-state index contributed by atoms with van der Waals surface area (Å²) in [5, 5.41) is 11.3. The Morgan fingerprint density at radius 1 is 1.28 bits per heavy atom. The molecule has 2 aromatic rings. The van der Waals surface area contributed by atoms with Crippen LogP contribution in [0.2, 0.25) is 0 Å². The molecule has 1 aliphatic rings. The quantitative estimate of drug-likeness (QED) is 0.898. The predicted molar refractivity (Wildman–Crippen MR) is 91.3 cm³/mol. The maximum atomic E-state index is 12.7. The normalized spacial score (nSPS) is 20.6. The monoisotopic (exact) mass is 347 g/mol. The molecule has 3 rings (SSSR count). The fourth-order valence-corrected chi connectivity index (χ4v) is 3.71. The first-order chi connectivity index (χ1) is 11.9. The molecule has 25 heavy (non-hydrogen) atoms. The van der Waals surface area contributed by atoms with E-state index in [9.17, 15) is 9.59 Å². The molecule has 2 heterocycles. The molecule has 1 amide bonds. The molecule has 2 aromatic heterocycles. The summed E-state index contributed by atoms with van der Waals surface area (Å²) in [6, 6.07) is 0.0621. The van der Waals surface area contributed by atoms with Crippen LogP contribution in [-0.2, 0) is 20.5 Å². The van der Waals surface area contributed by atoms with E-state index in [-0.39, 0.29) is 23.6 Å². The Hall–Kier alpha value is -2.38. The van der Waals surface area contributed by atoms with Crippen molar-refractivity contribution >= 4 is 5.91 Å². The Bertz CT molecular complexity index is 812. The molecule has 0 aromatic carbocycles. The minimum absolute atomic E-state index is 0.0621. The number of hydrogen-bond donors (Lipinski definition) is 1. The average Bonchev–Trinajstić information content (AvgIpc) is 3.03. The standard InChI is InChI=1S/C17H25N5O3/c1-10-15(11(2)25-20-10)16(23)18-13-8-6-5-7-12(13)9-14-19-22(4)17(24)21(14)3/h12-13H,5-9H2,1-4H3,(H,18,23)/t12-,13-/m1/s1. The van der Waals surface area contributed by atoms with Gasteiger partial charge in [-0.3, -0.25) is 9.36 Å². The highest BCUT2D eigenvalue weighted by Gasteiger charge is 2.30.